The Morgan fingerprint density at radius 2 is 2.00 bits per heavy atom. The highest BCUT2D eigenvalue weighted by atomic mass is 16.6. The molecule has 32 heavy (non-hydrogen) atoms. The van der Waals surface area contributed by atoms with E-state index in [1.807, 2.05) is 30.3 Å². The lowest BCUT2D eigenvalue weighted by molar-refractivity contribution is -0.156. The number of nitrogens with one attached hydrogen (secondary N) is 3. The number of carbonyl (C=O) groups is 3. The Labute approximate surface area is 185 Å². The largest absolute Gasteiger partial charge is 0.460 e. The Hall–Kier alpha value is -3.62. The van der Waals surface area contributed by atoms with Gasteiger partial charge >= 0.3 is 5.97 Å². The van der Waals surface area contributed by atoms with Crippen molar-refractivity contribution in [1.82, 2.24) is 25.4 Å². The minimum atomic E-state index is -0.639. The first-order valence-electron chi connectivity index (χ1n) is 10.6. The molecule has 3 N–H and O–H groups in total. The van der Waals surface area contributed by atoms with Crippen LogP contribution in [0.5, 0.6) is 0 Å². The van der Waals surface area contributed by atoms with Crippen LogP contribution in [0.25, 0.3) is 10.9 Å². The molecule has 1 aliphatic heterocycles. The minimum absolute atomic E-state index is 0.0760. The molecule has 0 fully saturated rings. The third-order valence-electron chi connectivity index (χ3n) is 5.24. The highest BCUT2D eigenvalue weighted by Gasteiger charge is 2.27. The van der Waals surface area contributed by atoms with Gasteiger partial charge in [0.1, 0.15) is 17.7 Å². The second-order valence-corrected chi connectivity index (χ2v) is 8.91. The maximum absolute atomic E-state index is 13.1. The van der Waals surface area contributed by atoms with Gasteiger partial charge in [0.15, 0.2) is 0 Å². The number of fused-ring (bicyclic) bond motifs is 2. The minimum Gasteiger partial charge on any atom is -0.460 e. The zero-order valence-electron chi connectivity index (χ0n) is 18.4. The molecule has 0 aliphatic carbocycles. The molecule has 3 aromatic rings. The molecular formula is C23H27N5O4. The summed E-state index contributed by atoms with van der Waals surface area (Å²) in [5.74, 6) is -1.08. The van der Waals surface area contributed by atoms with Crippen molar-refractivity contribution in [1.29, 1.82) is 0 Å². The average molecular weight is 438 g/mol. The van der Waals surface area contributed by atoms with E-state index in [1.165, 1.54) is 0 Å². The molecule has 2 aromatic heterocycles. The Morgan fingerprint density at radius 3 is 2.75 bits per heavy atom. The molecule has 1 aromatic carbocycles. The van der Waals surface area contributed by atoms with Gasteiger partial charge in [-0.1, -0.05) is 18.2 Å². The zero-order valence-corrected chi connectivity index (χ0v) is 18.4. The first kappa shape index (κ1) is 21.6. The van der Waals surface area contributed by atoms with Crippen molar-refractivity contribution in [2.45, 2.75) is 52.3 Å². The molecule has 0 spiro atoms. The first-order chi connectivity index (χ1) is 15.2. The smallest absolute Gasteiger partial charge is 0.315 e. The van der Waals surface area contributed by atoms with Gasteiger partial charge in [-0.2, -0.15) is 5.10 Å². The van der Waals surface area contributed by atoms with Crippen LogP contribution >= 0.6 is 0 Å². The molecule has 3 heterocycles. The van der Waals surface area contributed by atoms with Gasteiger partial charge in [-0.05, 0) is 32.9 Å². The number of hydrogen-bond donors (Lipinski definition) is 3. The summed E-state index contributed by atoms with van der Waals surface area (Å²) in [4.78, 5) is 42.0. The molecule has 9 nitrogen and oxygen atoms in total. The van der Waals surface area contributed by atoms with E-state index in [-0.39, 0.29) is 18.9 Å². The fourth-order valence-electron chi connectivity index (χ4n) is 3.79. The van der Waals surface area contributed by atoms with E-state index in [2.05, 4.69) is 20.5 Å². The fourth-order valence-corrected chi connectivity index (χ4v) is 3.79. The normalized spacial score (nSPS) is 13.7. The Morgan fingerprint density at radius 1 is 1.22 bits per heavy atom. The summed E-state index contributed by atoms with van der Waals surface area (Å²) in [5.41, 5.74) is 3.35. The van der Waals surface area contributed by atoms with Crippen LogP contribution in [0.2, 0.25) is 0 Å². The Kier molecular flexibility index (Phi) is 5.73. The molecule has 0 unspecified atom stereocenters. The lowest BCUT2D eigenvalue weighted by atomic mass is 10.0. The fraction of sp³-hybridized carbons (Fsp3) is 0.391. The second-order valence-electron chi connectivity index (χ2n) is 8.91. The summed E-state index contributed by atoms with van der Waals surface area (Å²) in [6.45, 7) is 6.40. The number of rotatable bonds is 5. The number of para-hydroxylation sites is 1. The standard InChI is InChI=1S/C23H27N5O4/c1-23(2,3)32-21(30)11-20(29)24-12-19-15-13-28(9-8-17(15)26-27-19)22(31)18-10-14-6-4-5-7-16(14)25-18/h4-7,10,25H,8-9,11-13H2,1-3H3,(H,24,29)(H,26,27). The van der Waals surface area contributed by atoms with Gasteiger partial charge in [0, 0.05) is 41.7 Å². The molecule has 0 saturated heterocycles. The van der Waals surface area contributed by atoms with E-state index in [1.54, 1.807) is 25.7 Å². The maximum atomic E-state index is 13.1. The van der Waals surface area contributed by atoms with Crippen molar-refractivity contribution in [3.8, 4) is 0 Å². The van der Waals surface area contributed by atoms with Crippen LogP contribution in [0, 0.1) is 0 Å². The van der Waals surface area contributed by atoms with E-state index >= 15 is 0 Å². The van der Waals surface area contributed by atoms with Crippen LogP contribution in [0.1, 0.15) is 54.6 Å². The van der Waals surface area contributed by atoms with Crippen LogP contribution < -0.4 is 5.32 Å². The van der Waals surface area contributed by atoms with Gasteiger partial charge < -0.3 is 19.9 Å². The molecule has 1 aliphatic rings. The molecule has 4 rings (SSSR count). The van der Waals surface area contributed by atoms with Gasteiger partial charge in [-0.25, -0.2) is 0 Å². The number of carbonyl (C=O) groups excluding carboxylic acids is 3. The predicted octanol–water partition coefficient (Wildman–Crippen LogP) is 2.44. The predicted molar refractivity (Wildman–Crippen MR) is 118 cm³/mol. The monoisotopic (exact) mass is 437 g/mol. The quantitative estimate of drug-likeness (QED) is 0.418. The molecule has 0 saturated carbocycles. The van der Waals surface area contributed by atoms with E-state index in [9.17, 15) is 14.4 Å². The van der Waals surface area contributed by atoms with Crippen LogP contribution in [0.3, 0.4) is 0 Å². The van der Waals surface area contributed by atoms with Gasteiger partial charge in [-0.15, -0.1) is 0 Å². The summed E-state index contributed by atoms with van der Waals surface area (Å²) >= 11 is 0. The highest BCUT2D eigenvalue weighted by molar-refractivity contribution is 5.98. The van der Waals surface area contributed by atoms with Crippen molar-refractivity contribution in [3.63, 3.8) is 0 Å². The van der Waals surface area contributed by atoms with E-state index < -0.39 is 17.5 Å². The van der Waals surface area contributed by atoms with Crippen LogP contribution in [-0.2, 0) is 33.8 Å². The van der Waals surface area contributed by atoms with Crippen LogP contribution in [-0.4, -0.2) is 50.0 Å². The number of ether oxygens (including phenoxy) is 1. The number of hydrogen-bond acceptors (Lipinski definition) is 5. The van der Waals surface area contributed by atoms with E-state index in [0.717, 1.165) is 22.2 Å². The van der Waals surface area contributed by atoms with E-state index in [4.69, 9.17) is 4.74 Å². The summed E-state index contributed by atoms with van der Waals surface area (Å²) in [6.07, 6.45) is 0.301. The lowest BCUT2D eigenvalue weighted by Crippen LogP contribution is -2.36. The van der Waals surface area contributed by atoms with Crippen molar-refractivity contribution in [3.05, 3.63) is 53.0 Å². The van der Waals surface area contributed by atoms with Gasteiger partial charge in [-0.3, -0.25) is 19.5 Å². The third-order valence-corrected chi connectivity index (χ3v) is 5.24. The molecule has 0 bridgehead atoms. The van der Waals surface area contributed by atoms with Crippen molar-refractivity contribution < 1.29 is 19.1 Å². The summed E-state index contributed by atoms with van der Waals surface area (Å²) in [5, 5.41) is 11.0. The average Bonchev–Trinajstić information content (AvgIpc) is 3.33. The second kappa shape index (κ2) is 8.49. The number of esters is 1. The maximum Gasteiger partial charge on any atom is 0.315 e. The first-order valence-corrected chi connectivity index (χ1v) is 10.6. The van der Waals surface area contributed by atoms with Crippen LogP contribution in [0.15, 0.2) is 30.3 Å². The zero-order chi connectivity index (χ0) is 22.9. The van der Waals surface area contributed by atoms with Crippen molar-refractivity contribution >= 4 is 28.7 Å². The van der Waals surface area contributed by atoms with Gasteiger partial charge in [0.2, 0.25) is 5.91 Å². The van der Waals surface area contributed by atoms with E-state index in [0.29, 0.717) is 30.9 Å². The Balaban J connectivity index is 1.39. The van der Waals surface area contributed by atoms with Gasteiger partial charge in [0.25, 0.3) is 5.91 Å². The SMILES string of the molecule is CC(C)(C)OC(=O)CC(=O)NCc1n[nH]c2c1CN(C(=O)c1cc3ccccc3[nH]1)CC2. The molecule has 9 heteroatoms. The summed E-state index contributed by atoms with van der Waals surface area (Å²) in [7, 11) is 0. The Bertz CT molecular complexity index is 1140. The number of aromatic amines is 2. The summed E-state index contributed by atoms with van der Waals surface area (Å²) in [6, 6.07) is 9.63. The third kappa shape index (κ3) is 4.82. The molecular weight excluding hydrogens is 410 g/mol. The molecule has 0 radical (unpaired) electrons. The highest BCUT2D eigenvalue weighted by Crippen LogP contribution is 2.23. The van der Waals surface area contributed by atoms with Crippen molar-refractivity contribution in [2.24, 2.45) is 0 Å². The molecule has 0 atom stereocenters. The number of benzene rings is 1. The van der Waals surface area contributed by atoms with Crippen LogP contribution in [0.4, 0.5) is 0 Å². The number of amides is 2. The number of aromatic nitrogens is 3. The molecule has 2 amide bonds. The van der Waals surface area contributed by atoms with Gasteiger partial charge in [0.05, 0.1) is 12.2 Å². The number of nitrogens with zero attached hydrogens (tertiary/aromatic N) is 2. The molecule has 168 valence electrons. The summed E-state index contributed by atoms with van der Waals surface area (Å²) < 4.78 is 5.17. The lowest BCUT2D eigenvalue weighted by Gasteiger charge is -2.26. The van der Waals surface area contributed by atoms with Crippen molar-refractivity contribution in [2.75, 3.05) is 6.54 Å². The topological polar surface area (TPSA) is 120 Å². The number of H-pyrrole nitrogens is 2.